The molecule has 3 rings (SSSR count). The van der Waals surface area contributed by atoms with Crippen LogP contribution in [0.5, 0.6) is 0 Å². The van der Waals surface area contributed by atoms with Crippen molar-refractivity contribution in [2.45, 2.75) is 26.1 Å². The summed E-state index contributed by atoms with van der Waals surface area (Å²) in [5, 5.41) is 11.8. The number of tetrazole rings is 1. The van der Waals surface area contributed by atoms with Gasteiger partial charge in [0.1, 0.15) is 5.82 Å². The van der Waals surface area contributed by atoms with Gasteiger partial charge in [-0.2, -0.15) is 13.5 Å². The van der Waals surface area contributed by atoms with E-state index in [1.165, 1.54) is 12.4 Å². The fourth-order valence-corrected chi connectivity index (χ4v) is 2.41. The zero-order valence-electron chi connectivity index (χ0n) is 13.3. The van der Waals surface area contributed by atoms with Crippen molar-refractivity contribution in [2.24, 2.45) is 0 Å². The first kappa shape index (κ1) is 16.2. The van der Waals surface area contributed by atoms with Crippen molar-refractivity contribution < 1.29 is 8.78 Å². The van der Waals surface area contributed by atoms with E-state index in [9.17, 15) is 8.78 Å². The quantitative estimate of drug-likeness (QED) is 0.693. The van der Waals surface area contributed by atoms with Gasteiger partial charge in [0, 0.05) is 12.4 Å². The van der Waals surface area contributed by atoms with Gasteiger partial charge in [-0.1, -0.05) is 18.2 Å². The summed E-state index contributed by atoms with van der Waals surface area (Å²) in [4.78, 5) is 5.87. The molecule has 24 heavy (non-hydrogen) atoms. The predicted octanol–water partition coefficient (Wildman–Crippen LogP) is 2.45. The maximum atomic E-state index is 12.9. The van der Waals surface area contributed by atoms with E-state index in [4.69, 9.17) is 0 Å². The van der Waals surface area contributed by atoms with Gasteiger partial charge < -0.3 is 0 Å². The third kappa shape index (κ3) is 3.16. The second-order valence-corrected chi connectivity index (χ2v) is 5.40. The van der Waals surface area contributed by atoms with Crippen LogP contribution in [0.4, 0.5) is 8.78 Å². The average Bonchev–Trinajstić information content (AvgIpc) is 3.24. The zero-order chi connectivity index (χ0) is 17.1. The first-order chi connectivity index (χ1) is 11.6. The van der Waals surface area contributed by atoms with Crippen LogP contribution in [0.3, 0.4) is 0 Å². The van der Waals surface area contributed by atoms with E-state index in [0.717, 1.165) is 10.3 Å². The molecule has 3 aromatic rings. The van der Waals surface area contributed by atoms with Gasteiger partial charge in [0.25, 0.3) is 0 Å². The highest BCUT2D eigenvalue weighted by Gasteiger charge is 2.22. The van der Waals surface area contributed by atoms with Crippen LogP contribution >= 0.6 is 0 Å². The van der Waals surface area contributed by atoms with Gasteiger partial charge in [-0.15, -0.1) is 5.10 Å². The third-order valence-electron chi connectivity index (χ3n) is 3.88. The van der Waals surface area contributed by atoms with Crippen molar-refractivity contribution >= 4 is 0 Å². The molecule has 1 aromatic carbocycles. The van der Waals surface area contributed by atoms with E-state index in [2.05, 4.69) is 20.5 Å². The van der Waals surface area contributed by atoms with Crippen LogP contribution < -0.4 is 0 Å². The van der Waals surface area contributed by atoms with E-state index >= 15 is 0 Å². The number of hydrogen-bond acceptors (Lipinski definition) is 5. The second-order valence-electron chi connectivity index (χ2n) is 5.40. The van der Waals surface area contributed by atoms with Crippen LogP contribution in [0.15, 0.2) is 42.7 Å². The molecule has 0 spiro atoms. The van der Waals surface area contributed by atoms with Crippen molar-refractivity contribution in [1.82, 2.24) is 34.7 Å². The summed E-state index contributed by atoms with van der Waals surface area (Å²) in [6.45, 7) is -0.443. The van der Waals surface area contributed by atoms with Crippen molar-refractivity contribution in [3.05, 3.63) is 54.4 Å². The highest BCUT2D eigenvalue weighted by molar-refractivity contribution is 5.30. The van der Waals surface area contributed by atoms with E-state index in [1.807, 2.05) is 49.2 Å². The lowest BCUT2D eigenvalue weighted by Gasteiger charge is -2.23. The minimum Gasteiger partial charge on any atom is -0.289 e. The number of benzene rings is 1. The molecule has 0 unspecified atom stereocenters. The summed E-state index contributed by atoms with van der Waals surface area (Å²) in [6.07, 6.45) is 2.64. The number of rotatable bonds is 6. The molecule has 0 bridgehead atoms. The van der Waals surface area contributed by atoms with Gasteiger partial charge in [0.2, 0.25) is 0 Å². The second kappa shape index (κ2) is 6.83. The highest BCUT2D eigenvalue weighted by atomic mass is 19.3. The number of aromatic nitrogens is 6. The van der Waals surface area contributed by atoms with Crippen LogP contribution in [-0.2, 0) is 6.54 Å². The van der Waals surface area contributed by atoms with Gasteiger partial charge in [-0.3, -0.25) is 9.47 Å². The molecule has 0 saturated carbocycles. The molecule has 2 heterocycles. The molecule has 0 amide bonds. The van der Waals surface area contributed by atoms with Crippen molar-refractivity contribution in [3.8, 4) is 5.69 Å². The molecule has 0 aliphatic heterocycles. The monoisotopic (exact) mass is 333 g/mol. The van der Waals surface area contributed by atoms with Gasteiger partial charge >= 0.3 is 6.55 Å². The first-order valence-electron chi connectivity index (χ1n) is 7.41. The fraction of sp³-hybridized carbons (Fsp3) is 0.333. The summed E-state index contributed by atoms with van der Waals surface area (Å²) in [7, 11) is 1.82. The molecule has 2 aromatic heterocycles. The van der Waals surface area contributed by atoms with Gasteiger partial charge in [0.15, 0.2) is 5.82 Å². The first-order valence-corrected chi connectivity index (χ1v) is 7.41. The largest absolute Gasteiger partial charge is 0.319 e. The number of nitrogens with zero attached hydrogens (tertiary/aromatic N) is 7. The SMILES string of the molecule is C[C@H](c1nnnn1-c1ccccc1)N(C)Cc1nccn1C(F)F. The number of imidazole rings is 1. The highest BCUT2D eigenvalue weighted by Crippen LogP contribution is 2.21. The molecule has 0 aliphatic rings. The Bertz CT molecular complexity index is 784. The smallest absolute Gasteiger partial charge is 0.289 e. The van der Waals surface area contributed by atoms with Crippen LogP contribution in [0.1, 0.15) is 31.2 Å². The van der Waals surface area contributed by atoms with Crippen molar-refractivity contribution in [2.75, 3.05) is 7.05 Å². The van der Waals surface area contributed by atoms with E-state index < -0.39 is 6.55 Å². The topological polar surface area (TPSA) is 64.7 Å². The summed E-state index contributed by atoms with van der Waals surface area (Å²) < 4.78 is 28.4. The number of para-hydroxylation sites is 1. The molecule has 0 radical (unpaired) electrons. The maximum absolute atomic E-state index is 12.9. The van der Waals surface area contributed by atoms with Crippen LogP contribution in [0.2, 0.25) is 0 Å². The molecule has 126 valence electrons. The Hall–Kier alpha value is -2.68. The summed E-state index contributed by atoms with van der Waals surface area (Å²) in [5.41, 5.74) is 0.840. The van der Waals surface area contributed by atoms with Crippen LogP contribution in [-0.4, -0.2) is 41.7 Å². The molecule has 0 aliphatic carbocycles. The van der Waals surface area contributed by atoms with E-state index in [-0.39, 0.29) is 18.4 Å². The lowest BCUT2D eigenvalue weighted by atomic mass is 10.2. The Morgan fingerprint density at radius 1 is 1.21 bits per heavy atom. The minimum atomic E-state index is -2.61. The molecule has 0 N–H and O–H groups in total. The number of halogens is 2. The minimum absolute atomic E-state index is 0.192. The van der Waals surface area contributed by atoms with Crippen molar-refractivity contribution in [3.63, 3.8) is 0 Å². The molecule has 0 saturated heterocycles. The third-order valence-corrected chi connectivity index (χ3v) is 3.88. The Morgan fingerprint density at radius 3 is 2.67 bits per heavy atom. The Labute approximate surface area is 137 Å². The number of alkyl halides is 2. The van der Waals surface area contributed by atoms with Gasteiger partial charge in [-0.05, 0) is 36.5 Å². The lowest BCUT2D eigenvalue weighted by Crippen LogP contribution is -2.26. The fourth-order valence-electron chi connectivity index (χ4n) is 2.41. The van der Waals surface area contributed by atoms with Crippen LogP contribution in [0, 0.1) is 0 Å². The van der Waals surface area contributed by atoms with E-state index in [0.29, 0.717) is 5.82 Å². The average molecular weight is 333 g/mol. The number of hydrogen-bond donors (Lipinski definition) is 0. The Balaban J connectivity index is 1.81. The standard InChI is InChI=1S/C15H17F2N7/c1-11(22(2)10-13-18-8-9-23(13)15(16)17)14-19-20-21-24(14)12-6-4-3-5-7-12/h3-9,11,15H,10H2,1-2H3/t11-/m1/s1. The van der Waals surface area contributed by atoms with Gasteiger partial charge in [-0.25, -0.2) is 4.98 Å². The zero-order valence-corrected chi connectivity index (χ0v) is 13.3. The molecule has 9 heteroatoms. The molecular formula is C15H17F2N7. The molecule has 7 nitrogen and oxygen atoms in total. The van der Waals surface area contributed by atoms with Gasteiger partial charge in [0.05, 0.1) is 18.3 Å². The summed E-state index contributed by atoms with van der Waals surface area (Å²) >= 11 is 0. The molecular weight excluding hydrogens is 316 g/mol. The molecule has 0 fully saturated rings. The maximum Gasteiger partial charge on any atom is 0.319 e. The van der Waals surface area contributed by atoms with Crippen molar-refractivity contribution in [1.29, 1.82) is 0 Å². The summed E-state index contributed by atoms with van der Waals surface area (Å²) in [6, 6.07) is 9.31. The normalized spacial score (nSPS) is 12.9. The Morgan fingerprint density at radius 2 is 1.96 bits per heavy atom. The van der Waals surface area contributed by atoms with E-state index in [1.54, 1.807) is 4.68 Å². The molecule has 1 atom stereocenters. The Kier molecular flexibility index (Phi) is 4.61. The lowest BCUT2D eigenvalue weighted by molar-refractivity contribution is 0.0634. The predicted molar refractivity (Wildman–Crippen MR) is 82.5 cm³/mol. The summed E-state index contributed by atoms with van der Waals surface area (Å²) in [5.74, 6) is 0.914. The van der Waals surface area contributed by atoms with Crippen LogP contribution in [0.25, 0.3) is 5.69 Å².